The van der Waals surface area contributed by atoms with Crippen LogP contribution < -0.4 is 5.32 Å². The number of rotatable bonds is 3. The minimum atomic E-state index is -0.526. The van der Waals surface area contributed by atoms with E-state index in [9.17, 15) is 10.1 Å². The first-order valence-electron chi connectivity index (χ1n) is 4.61. The number of anilines is 1. The molecule has 0 heterocycles. The Labute approximate surface area is 97.6 Å². The summed E-state index contributed by atoms with van der Waals surface area (Å²) < 4.78 is 0. The van der Waals surface area contributed by atoms with E-state index in [1.807, 2.05) is 0 Å². The minimum absolute atomic E-state index is 0.100. The summed E-state index contributed by atoms with van der Waals surface area (Å²) in [7, 11) is 0. The van der Waals surface area contributed by atoms with Gasteiger partial charge in [-0.25, -0.2) is 0 Å². The Morgan fingerprint density at radius 1 is 1.47 bits per heavy atom. The fraction of sp³-hybridized carbons (Fsp3) is 0.0909. The number of aryl methyl sites for hydroxylation is 1. The largest absolute Gasteiger partial charge is 0.354 e. The maximum atomic E-state index is 10.8. The first-order chi connectivity index (χ1) is 8.10. The number of nitriles is 2. The van der Waals surface area contributed by atoms with Crippen molar-refractivity contribution in [3.8, 4) is 12.1 Å². The highest BCUT2D eigenvalue weighted by Crippen LogP contribution is 2.27. The van der Waals surface area contributed by atoms with Gasteiger partial charge in [-0.2, -0.15) is 10.5 Å². The van der Waals surface area contributed by atoms with Crippen LogP contribution >= 0.6 is 0 Å². The van der Waals surface area contributed by atoms with E-state index in [0.29, 0.717) is 5.56 Å². The lowest BCUT2D eigenvalue weighted by atomic mass is 10.1. The van der Waals surface area contributed by atoms with E-state index in [0.717, 1.165) is 6.20 Å². The van der Waals surface area contributed by atoms with Gasteiger partial charge in [-0.1, -0.05) is 12.1 Å². The van der Waals surface area contributed by atoms with Crippen LogP contribution in [0.1, 0.15) is 5.56 Å². The van der Waals surface area contributed by atoms with Crippen molar-refractivity contribution in [2.24, 2.45) is 0 Å². The predicted octanol–water partition coefficient (Wildman–Crippen LogP) is 2.25. The highest BCUT2D eigenvalue weighted by atomic mass is 16.6. The van der Waals surface area contributed by atoms with Crippen LogP contribution in [0.3, 0.4) is 0 Å². The van der Waals surface area contributed by atoms with Gasteiger partial charge in [0.15, 0.2) is 0 Å². The van der Waals surface area contributed by atoms with Gasteiger partial charge < -0.3 is 5.32 Å². The van der Waals surface area contributed by atoms with Crippen LogP contribution in [0, 0.1) is 39.7 Å². The number of allylic oxidation sites excluding steroid dienone is 1. The molecule has 0 spiro atoms. The van der Waals surface area contributed by atoms with Gasteiger partial charge in [-0.15, -0.1) is 0 Å². The van der Waals surface area contributed by atoms with Crippen LogP contribution in [-0.4, -0.2) is 4.92 Å². The van der Waals surface area contributed by atoms with Crippen LogP contribution in [0.4, 0.5) is 11.4 Å². The van der Waals surface area contributed by atoms with Crippen molar-refractivity contribution < 1.29 is 4.92 Å². The Kier molecular flexibility index (Phi) is 3.80. The van der Waals surface area contributed by atoms with Gasteiger partial charge in [0.1, 0.15) is 23.4 Å². The average molecular weight is 228 g/mol. The molecule has 0 fully saturated rings. The molecule has 0 aliphatic carbocycles. The van der Waals surface area contributed by atoms with Crippen molar-refractivity contribution in [2.75, 3.05) is 5.32 Å². The van der Waals surface area contributed by atoms with Crippen LogP contribution in [0.15, 0.2) is 30.0 Å². The summed E-state index contributed by atoms with van der Waals surface area (Å²) >= 11 is 0. The number of hydrogen-bond acceptors (Lipinski definition) is 5. The number of nitro benzene ring substituents is 1. The molecule has 1 aromatic carbocycles. The number of para-hydroxylation sites is 1. The Balaban J connectivity index is 3.16. The number of benzene rings is 1. The number of nitrogens with one attached hydrogen (secondary N) is 1. The number of hydrogen-bond donors (Lipinski definition) is 1. The number of nitro groups is 1. The van der Waals surface area contributed by atoms with E-state index in [-0.39, 0.29) is 16.9 Å². The molecule has 0 atom stereocenters. The van der Waals surface area contributed by atoms with E-state index in [2.05, 4.69) is 5.32 Å². The summed E-state index contributed by atoms with van der Waals surface area (Å²) in [4.78, 5) is 10.2. The molecule has 0 aliphatic rings. The second-order valence-corrected chi connectivity index (χ2v) is 3.15. The van der Waals surface area contributed by atoms with Gasteiger partial charge in [0.25, 0.3) is 5.69 Å². The number of nitrogens with zero attached hydrogens (tertiary/aromatic N) is 3. The fourth-order valence-electron chi connectivity index (χ4n) is 1.23. The van der Waals surface area contributed by atoms with Gasteiger partial charge in [0.2, 0.25) is 0 Å². The monoisotopic (exact) mass is 228 g/mol. The Morgan fingerprint density at radius 2 is 2.12 bits per heavy atom. The summed E-state index contributed by atoms with van der Waals surface area (Å²) in [6, 6.07) is 7.93. The van der Waals surface area contributed by atoms with Crippen molar-refractivity contribution in [3.05, 3.63) is 45.6 Å². The third-order valence-electron chi connectivity index (χ3n) is 2.05. The van der Waals surface area contributed by atoms with E-state index >= 15 is 0 Å². The molecule has 1 aromatic rings. The van der Waals surface area contributed by atoms with Crippen LogP contribution in [-0.2, 0) is 0 Å². The van der Waals surface area contributed by atoms with Gasteiger partial charge in [0, 0.05) is 12.3 Å². The van der Waals surface area contributed by atoms with E-state index in [4.69, 9.17) is 10.5 Å². The molecule has 0 radical (unpaired) electrons. The molecule has 0 aromatic heterocycles. The molecule has 1 N–H and O–H groups in total. The third kappa shape index (κ3) is 2.80. The zero-order chi connectivity index (χ0) is 12.8. The summed E-state index contributed by atoms with van der Waals surface area (Å²) in [6.07, 6.45) is 1.15. The smallest absolute Gasteiger partial charge is 0.292 e. The van der Waals surface area contributed by atoms with Gasteiger partial charge in [0.05, 0.1) is 4.92 Å². The van der Waals surface area contributed by atoms with Gasteiger partial charge in [-0.05, 0) is 12.5 Å². The molecule has 84 valence electrons. The van der Waals surface area contributed by atoms with E-state index in [1.54, 1.807) is 31.2 Å². The minimum Gasteiger partial charge on any atom is -0.354 e. The molecule has 6 nitrogen and oxygen atoms in total. The first-order valence-corrected chi connectivity index (χ1v) is 4.61. The lowest BCUT2D eigenvalue weighted by Crippen LogP contribution is -1.98. The molecule has 1 rings (SSSR count). The van der Waals surface area contributed by atoms with E-state index < -0.39 is 4.92 Å². The highest BCUT2D eigenvalue weighted by Gasteiger charge is 2.14. The lowest BCUT2D eigenvalue weighted by molar-refractivity contribution is -0.384. The Bertz CT molecular complexity index is 548. The lowest BCUT2D eigenvalue weighted by Gasteiger charge is -2.05. The summed E-state index contributed by atoms with van der Waals surface area (Å²) in [5.74, 6) is 0. The Morgan fingerprint density at radius 3 is 2.65 bits per heavy atom. The van der Waals surface area contributed by atoms with Crippen molar-refractivity contribution >= 4 is 11.4 Å². The molecule has 0 saturated heterocycles. The fourth-order valence-corrected chi connectivity index (χ4v) is 1.23. The van der Waals surface area contributed by atoms with Gasteiger partial charge in [-0.3, -0.25) is 10.1 Å². The molecule has 0 amide bonds. The molecule has 0 unspecified atom stereocenters. The normalized spacial score (nSPS) is 8.65. The van der Waals surface area contributed by atoms with Gasteiger partial charge >= 0.3 is 0 Å². The predicted molar refractivity (Wildman–Crippen MR) is 60.8 cm³/mol. The second-order valence-electron chi connectivity index (χ2n) is 3.15. The van der Waals surface area contributed by atoms with Crippen molar-refractivity contribution in [3.63, 3.8) is 0 Å². The molecule has 6 heteroatoms. The molecule has 17 heavy (non-hydrogen) atoms. The summed E-state index contributed by atoms with van der Waals surface area (Å²) in [5.41, 5.74) is 0.685. The van der Waals surface area contributed by atoms with Crippen molar-refractivity contribution in [1.29, 1.82) is 10.5 Å². The maximum absolute atomic E-state index is 10.8. The molecular formula is C11H8N4O2. The van der Waals surface area contributed by atoms with Crippen molar-refractivity contribution in [1.82, 2.24) is 0 Å². The van der Waals surface area contributed by atoms with E-state index in [1.165, 1.54) is 6.07 Å². The second kappa shape index (κ2) is 5.29. The highest BCUT2D eigenvalue weighted by molar-refractivity contribution is 5.67. The molecule has 0 saturated carbocycles. The topological polar surface area (TPSA) is 103 Å². The maximum Gasteiger partial charge on any atom is 0.292 e. The zero-order valence-electron chi connectivity index (χ0n) is 8.97. The third-order valence-corrected chi connectivity index (χ3v) is 2.05. The standard InChI is InChI=1S/C11H8N4O2/c1-8-3-2-4-10(15(16)17)11(8)14-7-9(5-12)6-13/h2-4,7,14H,1H3. The molecule has 0 bridgehead atoms. The van der Waals surface area contributed by atoms with Crippen LogP contribution in [0.2, 0.25) is 0 Å². The quantitative estimate of drug-likeness (QED) is 0.485. The summed E-state index contributed by atoms with van der Waals surface area (Å²) in [6.45, 7) is 1.70. The summed E-state index contributed by atoms with van der Waals surface area (Å²) in [5, 5.41) is 30.5. The zero-order valence-corrected chi connectivity index (χ0v) is 8.97. The van der Waals surface area contributed by atoms with Crippen molar-refractivity contribution in [2.45, 2.75) is 6.92 Å². The van der Waals surface area contributed by atoms with Crippen LogP contribution in [0.5, 0.6) is 0 Å². The first kappa shape index (κ1) is 12.2. The SMILES string of the molecule is Cc1cccc([N+](=O)[O-])c1NC=C(C#N)C#N. The average Bonchev–Trinajstić information content (AvgIpc) is 2.31. The van der Waals surface area contributed by atoms with Crippen LogP contribution in [0.25, 0.3) is 0 Å². The Hall–Kier alpha value is -2.86. The molecule has 0 aliphatic heterocycles. The molecular weight excluding hydrogens is 220 g/mol.